The zero-order valence-electron chi connectivity index (χ0n) is 16.5. The molecule has 3 rings (SSSR count). The number of anilines is 1. The maximum absolute atomic E-state index is 13.4. The smallest absolute Gasteiger partial charge is 0.416 e. The van der Waals surface area contributed by atoms with E-state index >= 15 is 0 Å². The van der Waals surface area contributed by atoms with Crippen molar-refractivity contribution in [2.45, 2.75) is 26.1 Å². The molecule has 0 bridgehead atoms. The molecule has 0 aliphatic carbocycles. The third-order valence-electron chi connectivity index (χ3n) is 4.66. The van der Waals surface area contributed by atoms with Gasteiger partial charge in [0.25, 0.3) is 0 Å². The SMILES string of the molecule is CCCNCCNc1nc2cc(C(=O)O)ccc2n1Cc1ccccc1C(F)(F)F. The lowest BCUT2D eigenvalue weighted by Gasteiger charge is -2.16. The molecular weight excluding hydrogens is 397 g/mol. The Morgan fingerprint density at radius 1 is 1.13 bits per heavy atom. The first-order valence-corrected chi connectivity index (χ1v) is 9.64. The average molecular weight is 420 g/mol. The minimum atomic E-state index is -4.47. The van der Waals surface area contributed by atoms with Gasteiger partial charge in [0.1, 0.15) is 0 Å². The molecule has 0 aliphatic heterocycles. The summed E-state index contributed by atoms with van der Waals surface area (Å²) in [5, 5.41) is 15.6. The molecule has 6 nitrogen and oxygen atoms in total. The van der Waals surface area contributed by atoms with Crippen molar-refractivity contribution in [2.75, 3.05) is 25.0 Å². The Balaban J connectivity index is 1.98. The van der Waals surface area contributed by atoms with Crippen molar-refractivity contribution >= 4 is 23.0 Å². The van der Waals surface area contributed by atoms with E-state index in [1.54, 1.807) is 16.7 Å². The zero-order valence-corrected chi connectivity index (χ0v) is 16.5. The van der Waals surface area contributed by atoms with Crippen LogP contribution in [-0.2, 0) is 12.7 Å². The van der Waals surface area contributed by atoms with Gasteiger partial charge in [-0.05, 0) is 42.8 Å². The third-order valence-corrected chi connectivity index (χ3v) is 4.66. The van der Waals surface area contributed by atoms with Crippen molar-refractivity contribution in [1.82, 2.24) is 14.9 Å². The number of fused-ring (bicyclic) bond motifs is 1. The number of carbonyl (C=O) groups is 1. The van der Waals surface area contributed by atoms with Crippen molar-refractivity contribution < 1.29 is 23.1 Å². The summed E-state index contributed by atoms with van der Waals surface area (Å²) in [7, 11) is 0. The van der Waals surface area contributed by atoms with Crippen LogP contribution < -0.4 is 10.6 Å². The summed E-state index contributed by atoms with van der Waals surface area (Å²) < 4.78 is 42.0. The Hall–Kier alpha value is -3.07. The standard InChI is InChI=1S/C21H23F3N4O2/c1-2-9-25-10-11-26-20-27-17-12-14(19(29)30)7-8-18(17)28(20)13-15-5-3-4-6-16(15)21(22,23)24/h3-8,12,25H,2,9-11,13H2,1H3,(H,26,27)(H,29,30). The van der Waals surface area contributed by atoms with E-state index in [9.17, 15) is 23.1 Å². The fourth-order valence-electron chi connectivity index (χ4n) is 3.23. The van der Waals surface area contributed by atoms with Crippen molar-refractivity contribution in [2.24, 2.45) is 0 Å². The van der Waals surface area contributed by atoms with Crippen molar-refractivity contribution in [3.63, 3.8) is 0 Å². The minimum Gasteiger partial charge on any atom is -0.478 e. The lowest BCUT2D eigenvalue weighted by atomic mass is 10.1. The first-order valence-electron chi connectivity index (χ1n) is 9.64. The van der Waals surface area contributed by atoms with E-state index in [-0.39, 0.29) is 17.7 Å². The number of nitrogens with zero attached hydrogens (tertiary/aromatic N) is 2. The Labute approximate surface area is 171 Å². The van der Waals surface area contributed by atoms with Gasteiger partial charge in [-0.15, -0.1) is 0 Å². The summed E-state index contributed by atoms with van der Waals surface area (Å²) >= 11 is 0. The molecule has 3 aromatic rings. The molecular formula is C21H23F3N4O2. The molecule has 9 heteroatoms. The van der Waals surface area contributed by atoms with Gasteiger partial charge in [-0.2, -0.15) is 13.2 Å². The predicted molar refractivity (Wildman–Crippen MR) is 109 cm³/mol. The van der Waals surface area contributed by atoms with Crippen molar-refractivity contribution in [1.29, 1.82) is 0 Å². The van der Waals surface area contributed by atoms with E-state index in [1.165, 1.54) is 24.3 Å². The predicted octanol–water partition coefficient (Wildman–Crippen LogP) is 4.21. The molecule has 30 heavy (non-hydrogen) atoms. The quantitative estimate of drug-likeness (QED) is 0.452. The Bertz CT molecular complexity index is 1030. The molecule has 0 spiro atoms. The maximum atomic E-state index is 13.4. The van der Waals surface area contributed by atoms with E-state index in [4.69, 9.17) is 0 Å². The van der Waals surface area contributed by atoms with Gasteiger partial charge in [-0.25, -0.2) is 9.78 Å². The summed E-state index contributed by atoms with van der Waals surface area (Å²) in [5.74, 6) is -0.699. The topological polar surface area (TPSA) is 79.2 Å². The average Bonchev–Trinajstić information content (AvgIpc) is 3.04. The third kappa shape index (κ3) is 4.91. The second-order valence-electron chi connectivity index (χ2n) is 6.86. The Kier molecular flexibility index (Phi) is 6.61. The normalized spacial score (nSPS) is 11.7. The number of hydrogen-bond acceptors (Lipinski definition) is 4. The first-order chi connectivity index (χ1) is 14.3. The van der Waals surface area contributed by atoms with Crippen LogP contribution in [0.5, 0.6) is 0 Å². The number of carboxylic acids is 1. The zero-order chi connectivity index (χ0) is 21.7. The summed E-state index contributed by atoms with van der Waals surface area (Å²) in [6.45, 7) is 4.05. The van der Waals surface area contributed by atoms with Crippen LogP contribution in [0.25, 0.3) is 11.0 Å². The minimum absolute atomic E-state index is 0.0523. The van der Waals surface area contributed by atoms with Crippen LogP contribution in [0.3, 0.4) is 0 Å². The van der Waals surface area contributed by atoms with Crippen LogP contribution in [-0.4, -0.2) is 40.3 Å². The highest BCUT2D eigenvalue weighted by molar-refractivity contribution is 5.93. The summed E-state index contributed by atoms with van der Waals surface area (Å²) in [6, 6.07) is 9.83. The molecule has 0 fully saturated rings. The van der Waals surface area contributed by atoms with E-state index in [0.717, 1.165) is 19.0 Å². The number of nitrogens with one attached hydrogen (secondary N) is 2. The summed E-state index contributed by atoms with van der Waals surface area (Å²) in [5.41, 5.74) is 0.437. The van der Waals surface area contributed by atoms with Gasteiger partial charge >= 0.3 is 12.1 Å². The summed E-state index contributed by atoms with van der Waals surface area (Å²) in [4.78, 5) is 15.7. The van der Waals surface area contributed by atoms with Gasteiger partial charge in [0.2, 0.25) is 5.95 Å². The van der Waals surface area contributed by atoms with Crippen LogP contribution in [0.15, 0.2) is 42.5 Å². The van der Waals surface area contributed by atoms with Gasteiger partial charge in [-0.1, -0.05) is 25.1 Å². The van der Waals surface area contributed by atoms with Gasteiger partial charge in [-0.3, -0.25) is 0 Å². The molecule has 0 amide bonds. The molecule has 3 N–H and O–H groups in total. The molecule has 0 unspecified atom stereocenters. The monoisotopic (exact) mass is 420 g/mol. The van der Waals surface area contributed by atoms with E-state index in [1.807, 2.05) is 0 Å². The lowest BCUT2D eigenvalue weighted by Crippen LogP contribution is -2.24. The number of benzene rings is 2. The fraction of sp³-hybridized carbons (Fsp3) is 0.333. The van der Waals surface area contributed by atoms with Gasteiger partial charge < -0.3 is 20.3 Å². The number of aromatic carboxylic acids is 1. The van der Waals surface area contributed by atoms with Crippen LogP contribution >= 0.6 is 0 Å². The molecule has 0 saturated heterocycles. The van der Waals surface area contributed by atoms with Gasteiger partial charge in [0.15, 0.2) is 0 Å². The molecule has 2 aromatic carbocycles. The van der Waals surface area contributed by atoms with Crippen LogP contribution in [0.2, 0.25) is 0 Å². The second-order valence-corrected chi connectivity index (χ2v) is 6.86. The number of hydrogen-bond donors (Lipinski definition) is 3. The molecule has 1 aromatic heterocycles. The van der Waals surface area contributed by atoms with Crippen LogP contribution in [0.1, 0.15) is 34.8 Å². The maximum Gasteiger partial charge on any atom is 0.416 e. The summed E-state index contributed by atoms with van der Waals surface area (Å²) in [6.07, 6.45) is -3.48. The van der Waals surface area contributed by atoms with Gasteiger partial charge in [0.05, 0.1) is 28.7 Å². The molecule has 0 atom stereocenters. The van der Waals surface area contributed by atoms with E-state index in [0.29, 0.717) is 30.1 Å². The fourth-order valence-corrected chi connectivity index (χ4v) is 3.23. The van der Waals surface area contributed by atoms with E-state index < -0.39 is 17.7 Å². The Morgan fingerprint density at radius 2 is 1.90 bits per heavy atom. The number of imidazole rings is 1. The van der Waals surface area contributed by atoms with Crippen molar-refractivity contribution in [3.05, 3.63) is 59.2 Å². The van der Waals surface area contributed by atoms with Gasteiger partial charge in [0, 0.05) is 13.1 Å². The number of aromatic nitrogens is 2. The second kappa shape index (κ2) is 9.17. The Morgan fingerprint density at radius 3 is 2.60 bits per heavy atom. The molecule has 0 saturated carbocycles. The number of halogens is 3. The van der Waals surface area contributed by atoms with Crippen LogP contribution in [0, 0.1) is 0 Å². The number of carboxylic acid groups (broad SMARTS) is 1. The largest absolute Gasteiger partial charge is 0.478 e. The highest BCUT2D eigenvalue weighted by Gasteiger charge is 2.33. The lowest BCUT2D eigenvalue weighted by molar-refractivity contribution is -0.138. The molecule has 0 aliphatic rings. The highest BCUT2D eigenvalue weighted by Crippen LogP contribution is 2.33. The van der Waals surface area contributed by atoms with Crippen molar-refractivity contribution in [3.8, 4) is 0 Å². The molecule has 160 valence electrons. The van der Waals surface area contributed by atoms with E-state index in [2.05, 4.69) is 22.5 Å². The highest BCUT2D eigenvalue weighted by atomic mass is 19.4. The molecule has 0 radical (unpaired) electrons. The number of alkyl halides is 3. The number of rotatable bonds is 9. The van der Waals surface area contributed by atoms with Crippen LogP contribution in [0.4, 0.5) is 19.1 Å². The first kappa shape index (κ1) is 21.6. The molecule has 1 heterocycles.